The van der Waals surface area contributed by atoms with E-state index in [1.54, 1.807) is 10.7 Å². The summed E-state index contributed by atoms with van der Waals surface area (Å²) in [6, 6.07) is 5.59. The van der Waals surface area contributed by atoms with Gasteiger partial charge in [-0.3, -0.25) is 4.68 Å². The van der Waals surface area contributed by atoms with E-state index in [1.807, 2.05) is 26.2 Å². The van der Waals surface area contributed by atoms with Gasteiger partial charge in [0.2, 0.25) is 0 Å². The summed E-state index contributed by atoms with van der Waals surface area (Å²) in [6.07, 6.45) is 2.78. The molecule has 1 aromatic carbocycles. The molecule has 1 atom stereocenters. The summed E-state index contributed by atoms with van der Waals surface area (Å²) in [4.78, 5) is 0. The van der Waals surface area contributed by atoms with Crippen molar-refractivity contribution in [2.24, 2.45) is 7.05 Å². The molecule has 0 aliphatic rings. The minimum atomic E-state index is -0.836. The number of nitrogens with zero attached hydrogens (tertiary/aromatic N) is 2. The Balaban J connectivity index is 2.33. The first-order chi connectivity index (χ1) is 9.11. The van der Waals surface area contributed by atoms with Gasteiger partial charge >= 0.3 is 0 Å². The van der Waals surface area contributed by atoms with Crippen LogP contribution in [0, 0.1) is 11.6 Å². The zero-order valence-electron chi connectivity index (χ0n) is 11.0. The van der Waals surface area contributed by atoms with Gasteiger partial charge in [0, 0.05) is 13.2 Å². The van der Waals surface area contributed by atoms with Gasteiger partial charge in [0.15, 0.2) is 11.6 Å². The van der Waals surface area contributed by atoms with E-state index >= 15 is 0 Å². The Morgan fingerprint density at radius 1 is 1.26 bits per heavy atom. The molecular formula is C14H17F2N3. The molecule has 1 heterocycles. The van der Waals surface area contributed by atoms with Crippen molar-refractivity contribution in [3.05, 3.63) is 53.4 Å². The molecule has 0 amide bonds. The number of nitrogens with one attached hydrogen (secondary N) is 1. The van der Waals surface area contributed by atoms with E-state index in [-0.39, 0.29) is 6.04 Å². The fourth-order valence-corrected chi connectivity index (χ4v) is 1.96. The molecule has 0 spiro atoms. The highest BCUT2D eigenvalue weighted by Crippen LogP contribution is 2.22. The number of aromatic nitrogens is 2. The highest BCUT2D eigenvalue weighted by molar-refractivity contribution is 5.28. The van der Waals surface area contributed by atoms with Crippen molar-refractivity contribution < 1.29 is 8.78 Å². The van der Waals surface area contributed by atoms with Crippen LogP contribution >= 0.6 is 0 Å². The Hall–Kier alpha value is -1.75. The Morgan fingerprint density at radius 3 is 2.63 bits per heavy atom. The summed E-state index contributed by atoms with van der Waals surface area (Å²) in [6.45, 7) is 2.83. The molecular weight excluding hydrogens is 248 g/mol. The predicted molar refractivity (Wildman–Crippen MR) is 69.7 cm³/mol. The maximum Gasteiger partial charge on any atom is 0.159 e. The Kier molecular flexibility index (Phi) is 4.27. The third-order valence-electron chi connectivity index (χ3n) is 2.91. The molecule has 0 bridgehead atoms. The first-order valence-corrected chi connectivity index (χ1v) is 6.29. The molecule has 0 saturated carbocycles. The molecule has 2 rings (SSSR count). The summed E-state index contributed by atoms with van der Waals surface area (Å²) in [5.74, 6) is -1.67. The number of halogens is 2. The van der Waals surface area contributed by atoms with Gasteiger partial charge in [0.1, 0.15) is 0 Å². The monoisotopic (exact) mass is 265 g/mol. The van der Waals surface area contributed by atoms with E-state index in [0.717, 1.165) is 24.7 Å². The standard InChI is InChI=1S/C14H17F2N3/c1-3-7-17-14(13-6-8-19(2)18-13)10-4-5-11(15)12(16)9-10/h4-6,8-9,14,17H,3,7H2,1-2H3. The van der Waals surface area contributed by atoms with E-state index < -0.39 is 11.6 Å². The lowest BCUT2D eigenvalue weighted by Gasteiger charge is -2.17. The average molecular weight is 265 g/mol. The third-order valence-corrected chi connectivity index (χ3v) is 2.91. The number of aryl methyl sites for hydroxylation is 1. The second-order valence-electron chi connectivity index (χ2n) is 4.47. The lowest BCUT2D eigenvalue weighted by Crippen LogP contribution is -2.24. The molecule has 3 nitrogen and oxygen atoms in total. The van der Waals surface area contributed by atoms with Gasteiger partial charge < -0.3 is 5.32 Å². The molecule has 1 N–H and O–H groups in total. The summed E-state index contributed by atoms with van der Waals surface area (Å²) < 4.78 is 28.1. The van der Waals surface area contributed by atoms with Crippen molar-refractivity contribution in [2.45, 2.75) is 19.4 Å². The smallest absolute Gasteiger partial charge is 0.159 e. The van der Waals surface area contributed by atoms with Crippen molar-refractivity contribution in [1.29, 1.82) is 0 Å². The molecule has 19 heavy (non-hydrogen) atoms. The van der Waals surface area contributed by atoms with E-state index in [4.69, 9.17) is 0 Å². The van der Waals surface area contributed by atoms with Gasteiger partial charge in [0.25, 0.3) is 0 Å². The molecule has 1 aromatic heterocycles. The molecule has 0 radical (unpaired) electrons. The number of hydrogen-bond acceptors (Lipinski definition) is 2. The average Bonchev–Trinajstić information content (AvgIpc) is 2.80. The quantitative estimate of drug-likeness (QED) is 0.901. The van der Waals surface area contributed by atoms with Crippen molar-refractivity contribution in [3.63, 3.8) is 0 Å². The van der Waals surface area contributed by atoms with Crippen LogP contribution in [0.4, 0.5) is 8.78 Å². The largest absolute Gasteiger partial charge is 0.305 e. The minimum absolute atomic E-state index is 0.226. The van der Waals surface area contributed by atoms with Crippen LogP contribution in [0.2, 0.25) is 0 Å². The van der Waals surface area contributed by atoms with E-state index in [0.29, 0.717) is 5.56 Å². The topological polar surface area (TPSA) is 29.9 Å². The molecule has 1 unspecified atom stereocenters. The first kappa shape index (κ1) is 13.7. The van der Waals surface area contributed by atoms with Crippen molar-refractivity contribution in [1.82, 2.24) is 15.1 Å². The highest BCUT2D eigenvalue weighted by atomic mass is 19.2. The first-order valence-electron chi connectivity index (χ1n) is 6.29. The Bertz CT molecular complexity index is 551. The molecule has 0 aliphatic heterocycles. The zero-order valence-corrected chi connectivity index (χ0v) is 11.0. The predicted octanol–water partition coefficient (Wildman–Crippen LogP) is 2.79. The van der Waals surface area contributed by atoms with Gasteiger partial charge in [0.05, 0.1) is 11.7 Å². The maximum atomic E-state index is 13.4. The fraction of sp³-hybridized carbons (Fsp3) is 0.357. The van der Waals surface area contributed by atoms with Crippen LogP contribution in [0.15, 0.2) is 30.5 Å². The number of hydrogen-bond donors (Lipinski definition) is 1. The van der Waals surface area contributed by atoms with E-state index in [9.17, 15) is 8.78 Å². The number of rotatable bonds is 5. The molecule has 0 saturated heterocycles. The second kappa shape index (κ2) is 5.93. The summed E-state index contributed by atoms with van der Waals surface area (Å²) in [5.41, 5.74) is 1.47. The minimum Gasteiger partial charge on any atom is -0.305 e. The summed E-state index contributed by atoms with van der Waals surface area (Å²) in [5, 5.41) is 7.63. The lowest BCUT2D eigenvalue weighted by atomic mass is 10.0. The molecule has 0 aliphatic carbocycles. The van der Waals surface area contributed by atoms with Crippen molar-refractivity contribution in [3.8, 4) is 0 Å². The summed E-state index contributed by atoms with van der Waals surface area (Å²) in [7, 11) is 1.83. The number of benzene rings is 1. The van der Waals surface area contributed by atoms with Gasteiger partial charge in [-0.25, -0.2) is 8.78 Å². The van der Waals surface area contributed by atoms with Crippen LogP contribution in [0.1, 0.15) is 30.6 Å². The van der Waals surface area contributed by atoms with Crippen LogP contribution in [0.25, 0.3) is 0 Å². The van der Waals surface area contributed by atoms with Gasteiger partial charge in [-0.2, -0.15) is 5.10 Å². The van der Waals surface area contributed by atoms with Crippen LogP contribution < -0.4 is 5.32 Å². The Labute approximate surface area is 111 Å². The van der Waals surface area contributed by atoms with Gasteiger partial charge in [-0.05, 0) is 36.7 Å². The normalized spacial score (nSPS) is 12.6. The molecule has 102 valence electrons. The van der Waals surface area contributed by atoms with Crippen LogP contribution in [0.5, 0.6) is 0 Å². The van der Waals surface area contributed by atoms with Gasteiger partial charge in [-0.15, -0.1) is 0 Å². The van der Waals surface area contributed by atoms with Crippen molar-refractivity contribution >= 4 is 0 Å². The van der Waals surface area contributed by atoms with E-state index in [1.165, 1.54) is 6.07 Å². The lowest BCUT2D eigenvalue weighted by molar-refractivity contribution is 0.502. The second-order valence-corrected chi connectivity index (χ2v) is 4.47. The van der Waals surface area contributed by atoms with Crippen molar-refractivity contribution in [2.75, 3.05) is 6.54 Å². The molecule has 2 aromatic rings. The van der Waals surface area contributed by atoms with Crippen LogP contribution in [-0.2, 0) is 7.05 Å². The third kappa shape index (κ3) is 3.17. The van der Waals surface area contributed by atoms with Gasteiger partial charge in [-0.1, -0.05) is 13.0 Å². The fourth-order valence-electron chi connectivity index (χ4n) is 1.96. The van der Waals surface area contributed by atoms with Crippen LogP contribution in [0.3, 0.4) is 0 Å². The maximum absolute atomic E-state index is 13.4. The zero-order chi connectivity index (χ0) is 13.8. The van der Waals surface area contributed by atoms with Crippen LogP contribution in [-0.4, -0.2) is 16.3 Å². The SMILES string of the molecule is CCCNC(c1ccc(F)c(F)c1)c1ccn(C)n1. The molecule has 0 fully saturated rings. The highest BCUT2D eigenvalue weighted by Gasteiger charge is 2.17. The Morgan fingerprint density at radius 2 is 2.05 bits per heavy atom. The summed E-state index contributed by atoms with van der Waals surface area (Å²) >= 11 is 0. The molecule has 5 heteroatoms. The van der Waals surface area contributed by atoms with E-state index in [2.05, 4.69) is 10.4 Å².